The quantitative estimate of drug-likeness (QED) is 0.772. The first-order valence-corrected chi connectivity index (χ1v) is 4.86. The molecule has 3 N–H and O–H groups in total. The molecule has 0 saturated carbocycles. The van der Waals surface area contributed by atoms with Gasteiger partial charge in [0.05, 0.1) is 12.6 Å². The van der Waals surface area contributed by atoms with Crippen molar-refractivity contribution < 1.29 is 4.74 Å². The van der Waals surface area contributed by atoms with Crippen molar-refractivity contribution >= 4 is 11.6 Å². The number of halogens is 1. The van der Waals surface area contributed by atoms with Crippen LogP contribution in [-0.2, 0) is 5.54 Å². The molecule has 1 heterocycles. The Bertz CT molecular complexity index is 350. The number of nitrogens with one attached hydrogen (secondary N) is 1. The lowest BCUT2D eigenvalue weighted by molar-refractivity contribution is 0.286. The Morgan fingerprint density at radius 2 is 2.14 bits per heavy atom. The molecule has 0 aliphatic carbocycles. The van der Waals surface area contributed by atoms with Crippen molar-refractivity contribution in [1.82, 2.24) is 5.32 Å². The van der Waals surface area contributed by atoms with E-state index in [2.05, 4.69) is 5.32 Å². The minimum absolute atomic E-state index is 0.280. The molecule has 3 nitrogen and oxygen atoms in total. The Balaban J connectivity index is 2.37. The van der Waals surface area contributed by atoms with E-state index in [0.29, 0.717) is 5.02 Å². The molecule has 0 spiro atoms. The summed E-state index contributed by atoms with van der Waals surface area (Å²) in [5.74, 6) is 0.754. The fraction of sp³-hybridized carbons (Fsp3) is 0.400. The maximum atomic E-state index is 6.14. The van der Waals surface area contributed by atoms with Crippen LogP contribution in [0.1, 0.15) is 5.56 Å². The van der Waals surface area contributed by atoms with Crippen LogP contribution in [0, 0.1) is 0 Å². The van der Waals surface area contributed by atoms with Gasteiger partial charge in [-0.15, -0.1) is 0 Å². The van der Waals surface area contributed by atoms with Crippen LogP contribution < -0.4 is 15.8 Å². The van der Waals surface area contributed by atoms with E-state index in [0.717, 1.165) is 24.4 Å². The maximum absolute atomic E-state index is 6.14. The fourth-order valence-electron chi connectivity index (χ4n) is 1.57. The Morgan fingerprint density at radius 1 is 1.43 bits per heavy atom. The lowest BCUT2D eigenvalue weighted by Crippen LogP contribution is -2.62. The monoisotopic (exact) mass is 212 g/mol. The molecule has 1 aliphatic heterocycles. The molecule has 1 aromatic rings. The molecule has 0 radical (unpaired) electrons. The van der Waals surface area contributed by atoms with E-state index in [1.807, 2.05) is 12.1 Å². The highest BCUT2D eigenvalue weighted by Crippen LogP contribution is 2.29. The average Bonchev–Trinajstić information content (AvgIpc) is 2.13. The van der Waals surface area contributed by atoms with Crippen LogP contribution >= 0.6 is 11.6 Å². The van der Waals surface area contributed by atoms with Crippen molar-refractivity contribution in [3.8, 4) is 5.75 Å². The normalized spacial score (nSPS) is 18.8. The molecule has 14 heavy (non-hydrogen) atoms. The minimum atomic E-state index is -0.280. The molecular weight excluding hydrogens is 200 g/mol. The van der Waals surface area contributed by atoms with Crippen LogP contribution in [0.15, 0.2) is 18.2 Å². The SMILES string of the molecule is COc1cc(Cl)cc(C2(N)CNC2)c1. The number of rotatable bonds is 2. The van der Waals surface area contributed by atoms with Crippen LogP contribution in [0.5, 0.6) is 5.75 Å². The number of benzene rings is 1. The highest BCUT2D eigenvalue weighted by atomic mass is 35.5. The third kappa shape index (κ3) is 1.59. The van der Waals surface area contributed by atoms with E-state index in [1.54, 1.807) is 13.2 Å². The molecule has 1 aromatic carbocycles. The molecule has 4 heteroatoms. The molecule has 76 valence electrons. The zero-order valence-corrected chi connectivity index (χ0v) is 8.77. The molecule has 1 saturated heterocycles. The summed E-state index contributed by atoms with van der Waals surface area (Å²) in [6.07, 6.45) is 0. The summed E-state index contributed by atoms with van der Waals surface area (Å²) in [6, 6.07) is 5.61. The predicted molar refractivity (Wildman–Crippen MR) is 56.7 cm³/mol. The number of methoxy groups -OCH3 is 1. The third-order valence-corrected chi connectivity index (χ3v) is 2.78. The zero-order valence-electron chi connectivity index (χ0n) is 8.01. The van der Waals surface area contributed by atoms with E-state index < -0.39 is 0 Å². The fourth-order valence-corrected chi connectivity index (χ4v) is 1.79. The molecule has 0 aromatic heterocycles. The highest BCUT2D eigenvalue weighted by Gasteiger charge is 2.34. The zero-order chi connectivity index (χ0) is 10.2. The lowest BCUT2D eigenvalue weighted by Gasteiger charge is -2.39. The summed E-state index contributed by atoms with van der Waals surface area (Å²) in [6.45, 7) is 1.58. The van der Waals surface area contributed by atoms with Gasteiger partial charge in [-0.05, 0) is 23.8 Å². The van der Waals surface area contributed by atoms with Gasteiger partial charge in [0, 0.05) is 18.1 Å². The summed E-state index contributed by atoms with van der Waals surface area (Å²) < 4.78 is 5.14. The van der Waals surface area contributed by atoms with E-state index in [4.69, 9.17) is 22.1 Å². The van der Waals surface area contributed by atoms with Gasteiger partial charge in [-0.3, -0.25) is 0 Å². The molecule has 1 aliphatic rings. The first-order valence-electron chi connectivity index (χ1n) is 4.49. The molecular formula is C10H13ClN2O. The summed E-state index contributed by atoms with van der Waals surface area (Å²) in [4.78, 5) is 0. The van der Waals surface area contributed by atoms with Crippen molar-refractivity contribution in [1.29, 1.82) is 0 Å². The topological polar surface area (TPSA) is 47.3 Å². The van der Waals surface area contributed by atoms with Gasteiger partial charge in [-0.1, -0.05) is 11.6 Å². The standard InChI is InChI=1S/C10H13ClN2O/c1-14-9-3-7(2-8(11)4-9)10(12)5-13-6-10/h2-4,13H,5-6,12H2,1H3. The van der Waals surface area contributed by atoms with Crippen molar-refractivity contribution in [3.05, 3.63) is 28.8 Å². The van der Waals surface area contributed by atoms with Gasteiger partial charge in [0.1, 0.15) is 5.75 Å². The van der Waals surface area contributed by atoms with Crippen LogP contribution in [-0.4, -0.2) is 20.2 Å². The molecule has 1 fully saturated rings. The van der Waals surface area contributed by atoms with Gasteiger partial charge in [0.2, 0.25) is 0 Å². The summed E-state index contributed by atoms with van der Waals surface area (Å²) >= 11 is 5.96. The molecule has 0 atom stereocenters. The van der Waals surface area contributed by atoms with Gasteiger partial charge < -0.3 is 15.8 Å². The Morgan fingerprint density at radius 3 is 2.64 bits per heavy atom. The van der Waals surface area contributed by atoms with Gasteiger partial charge >= 0.3 is 0 Å². The second-order valence-corrected chi connectivity index (χ2v) is 4.08. The molecule has 0 bridgehead atoms. The van der Waals surface area contributed by atoms with Gasteiger partial charge in [0.15, 0.2) is 0 Å². The van der Waals surface area contributed by atoms with Crippen LogP contribution in [0.4, 0.5) is 0 Å². The maximum Gasteiger partial charge on any atom is 0.120 e. The van der Waals surface area contributed by atoms with E-state index in [-0.39, 0.29) is 5.54 Å². The predicted octanol–water partition coefficient (Wildman–Crippen LogP) is 1.11. The molecule has 2 rings (SSSR count). The van der Waals surface area contributed by atoms with E-state index in [9.17, 15) is 0 Å². The average molecular weight is 213 g/mol. The second-order valence-electron chi connectivity index (χ2n) is 3.64. The molecule has 0 amide bonds. The third-order valence-electron chi connectivity index (χ3n) is 2.56. The number of ether oxygens (including phenoxy) is 1. The van der Waals surface area contributed by atoms with Gasteiger partial charge in [-0.25, -0.2) is 0 Å². The van der Waals surface area contributed by atoms with Crippen molar-refractivity contribution in [2.75, 3.05) is 20.2 Å². The first kappa shape index (κ1) is 9.77. The molecule has 0 unspecified atom stereocenters. The number of nitrogens with two attached hydrogens (primary N) is 1. The smallest absolute Gasteiger partial charge is 0.120 e. The van der Waals surface area contributed by atoms with E-state index in [1.165, 1.54) is 0 Å². The Kier molecular flexibility index (Phi) is 2.39. The van der Waals surface area contributed by atoms with Gasteiger partial charge in [-0.2, -0.15) is 0 Å². The summed E-state index contributed by atoms with van der Waals surface area (Å²) in [5, 5.41) is 3.81. The van der Waals surface area contributed by atoms with Crippen LogP contribution in [0.2, 0.25) is 5.02 Å². The summed E-state index contributed by atoms with van der Waals surface area (Å²) in [7, 11) is 1.62. The minimum Gasteiger partial charge on any atom is -0.497 e. The lowest BCUT2D eigenvalue weighted by atomic mass is 9.85. The van der Waals surface area contributed by atoms with Crippen molar-refractivity contribution in [2.45, 2.75) is 5.54 Å². The first-order chi connectivity index (χ1) is 6.64. The Labute approximate surface area is 88.2 Å². The van der Waals surface area contributed by atoms with Crippen LogP contribution in [0.3, 0.4) is 0 Å². The largest absolute Gasteiger partial charge is 0.497 e. The van der Waals surface area contributed by atoms with Crippen molar-refractivity contribution in [3.63, 3.8) is 0 Å². The van der Waals surface area contributed by atoms with E-state index >= 15 is 0 Å². The van der Waals surface area contributed by atoms with Crippen molar-refractivity contribution in [2.24, 2.45) is 5.73 Å². The summed E-state index contributed by atoms with van der Waals surface area (Å²) in [5.41, 5.74) is 6.89. The van der Waals surface area contributed by atoms with Gasteiger partial charge in [0.25, 0.3) is 0 Å². The highest BCUT2D eigenvalue weighted by molar-refractivity contribution is 6.30. The van der Waals surface area contributed by atoms with Crippen LogP contribution in [0.25, 0.3) is 0 Å². The number of hydrogen-bond donors (Lipinski definition) is 2. The second kappa shape index (κ2) is 3.42. The number of hydrogen-bond acceptors (Lipinski definition) is 3. The Hall–Kier alpha value is -0.770.